The van der Waals surface area contributed by atoms with E-state index in [0.29, 0.717) is 19.3 Å². The average Bonchev–Trinajstić information content (AvgIpc) is 2.05. The molecule has 0 aliphatic carbocycles. The van der Waals surface area contributed by atoms with Crippen molar-refractivity contribution in [2.75, 3.05) is 39.6 Å². The molecule has 0 bridgehead atoms. The molecule has 0 fully saturated rings. The van der Waals surface area contributed by atoms with Crippen molar-refractivity contribution in [1.82, 2.24) is 0 Å². The Hall–Kier alpha value is -4.57. The number of phosphoric acid groups is 2. The zero-order valence-electron chi connectivity index (χ0n) is 58.8. The van der Waals surface area contributed by atoms with Gasteiger partial charge in [-0.05, 0) is 135 Å². The molecule has 0 spiro atoms. The molecule has 0 aromatic carbocycles. The maximum absolute atomic E-state index is 12.9. The number of ether oxygens (including phenoxy) is 3. The highest BCUT2D eigenvalue weighted by Gasteiger charge is 2.29. The molecular formula is C77H128O16P2. The van der Waals surface area contributed by atoms with E-state index in [2.05, 4.69) is 167 Å². The first kappa shape index (κ1) is 90.4. The van der Waals surface area contributed by atoms with E-state index in [-0.39, 0.29) is 19.3 Å². The molecule has 542 valence electrons. The predicted octanol–water partition coefficient (Wildman–Crippen LogP) is 20.5. The topological polar surface area (TPSA) is 231 Å². The van der Waals surface area contributed by atoms with Crippen LogP contribution in [0.4, 0.5) is 0 Å². The molecule has 0 aliphatic rings. The molecule has 0 aliphatic heterocycles. The summed E-state index contributed by atoms with van der Waals surface area (Å²) in [6.07, 6.45) is 83.2. The number of unbranched alkanes of at least 4 members (excludes halogenated alkanes) is 20. The van der Waals surface area contributed by atoms with Crippen molar-refractivity contribution in [3.8, 4) is 0 Å². The number of rotatable bonds is 67. The van der Waals surface area contributed by atoms with Crippen LogP contribution in [0.5, 0.6) is 0 Å². The van der Waals surface area contributed by atoms with E-state index < -0.39 is 91.5 Å². The van der Waals surface area contributed by atoms with Crippen LogP contribution < -0.4 is 0 Å². The molecular weight excluding hydrogens is 1240 g/mol. The van der Waals surface area contributed by atoms with Gasteiger partial charge in [0, 0.05) is 19.3 Å². The minimum absolute atomic E-state index is 0.0789. The van der Waals surface area contributed by atoms with E-state index in [4.69, 9.17) is 32.3 Å². The van der Waals surface area contributed by atoms with Gasteiger partial charge in [-0.25, -0.2) is 9.13 Å². The highest BCUT2D eigenvalue weighted by Crippen LogP contribution is 2.45. The molecule has 0 amide bonds. The van der Waals surface area contributed by atoms with E-state index in [9.17, 15) is 43.5 Å². The third kappa shape index (κ3) is 70.6. The van der Waals surface area contributed by atoms with Crippen LogP contribution in [0, 0.1) is 0 Å². The van der Waals surface area contributed by atoms with Crippen LogP contribution in [0.1, 0.15) is 265 Å². The van der Waals surface area contributed by atoms with Crippen LogP contribution in [-0.2, 0) is 55.8 Å². The summed E-state index contributed by atoms with van der Waals surface area (Å²) in [5, 5.41) is 20.6. The fourth-order valence-electron chi connectivity index (χ4n) is 9.13. The number of hydrogen-bond donors (Lipinski definition) is 4. The minimum Gasteiger partial charge on any atom is -0.463 e. The summed E-state index contributed by atoms with van der Waals surface area (Å²) >= 11 is 0. The molecule has 0 aromatic rings. The molecule has 5 atom stereocenters. The van der Waals surface area contributed by atoms with Crippen molar-refractivity contribution in [3.63, 3.8) is 0 Å². The van der Waals surface area contributed by atoms with Crippen molar-refractivity contribution < 1.29 is 75.8 Å². The first-order valence-electron chi connectivity index (χ1n) is 36.1. The molecule has 4 N–H and O–H groups in total. The third-order valence-corrected chi connectivity index (χ3v) is 16.4. The zero-order valence-corrected chi connectivity index (χ0v) is 60.6. The largest absolute Gasteiger partial charge is 0.472 e. The van der Waals surface area contributed by atoms with Crippen LogP contribution >= 0.6 is 15.6 Å². The van der Waals surface area contributed by atoms with Gasteiger partial charge in [-0.1, -0.05) is 256 Å². The molecule has 0 heterocycles. The number of carbonyl (C=O) groups excluding carboxylic acids is 3. The molecule has 0 rings (SSSR count). The lowest BCUT2D eigenvalue weighted by Crippen LogP contribution is -2.30. The second-order valence-corrected chi connectivity index (χ2v) is 26.5. The van der Waals surface area contributed by atoms with Crippen LogP contribution in [-0.4, -0.2) is 95.9 Å². The van der Waals surface area contributed by atoms with Crippen LogP contribution in [0.25, 0.3) is 0 Å². The summed E-state index contributed by atoms with van der Waals surface area (Å²) in [6.45, 7) is 2.28. The third-order valence-electron chi connectivity index (χ3n) is 14.5. The first-order valence-corrected chi connectivity index (χ1v) is 39.1. The number of esters is 3. The molecule has 5 unspecified atom stereocenters. The molecule has 16 nitrogen and oxygen atoms in total. The summed E-state index contributed by atoms with van der Waals surface area (Å²) in [5.41, 5.74) is 0. The van der Waals surface area contributed by atoms with Gasteiger partial charge in [0.1, 0.15) is 25.4 Å². The molecule has 0 aromatic heterocycles. The molecule has 0 saturated carbocycles. The van der Waals surface area contributed by atoms with Crippen LogP contribution in [0.2, 0.25) is 0 Å². The number of allylic oxidation sites excluding steroid dienone is 24. The van der Waals surface area contributed by atoms with Crippen molar-refractivity contribution in [2.24, 2.45) is 0 Å². The average molecular weight is 1370 g/mol. The van der Waals surface area contributed by atoms with Gasteiger partial charge in [-0.2, -0.15) is 0 Å². The summed E-state index contributed by atoms with van der Waals surface area (Å²) in [6, 6.07) is 0. The highest BCUT2D eigenvalue weighted by atomic mass is 31.2. The molecule has 95 heavy (non-hydrogen) atoms. The second kappa shape index (κ2) is 69.3. The van der Waals surface area contributed by atoms with Gasteiger partial charge in [0.15, 0.2) is 6.10 Å². The van der Waals surface area contributed by atoms with E-state index >= 15 is 0 Å². The summed E-state index contributed by atoms with van der Waals surface area (Å²) in [5.74, 6) is -1.62. The maximum atomic E-state index is 12.9. The Morgan fingerprint density at radius 1 is 0.295 bits per heavy atom. The van der Waals surface area contributed by atoms with Crippen molar-refractivity contribution in [1.29, 1.82) is 0 Å². The van der Waals surface area contributed by atoms with Crippen LogP contribution in [0.15, 0.2) is 146 Å². The van der Waals surface area contributed by atoms with Gasteiger partial charge in [0.25, 0.3) is 0 Å². The Morgan fingerprint density at radius 2 is 0.526 bits per heavy atom. The van der Waals surface area contributed by atoms with E-state index in [1.54, 1.807) is 0 Å². The summed E-state index contributed by atoms with van der Waals surface area (Å²) in [4.78, 5) is 58.5. The summed E-state index contributed by atoms with van der Waals surface area (Å²) in [7, 11) is -9.80. The number of aliphatic hydroxyl groups is 2. The monoisotopic (exact) mass is 1370 g/mol. The molecule has 0 radical (unpaired) electrons. The minimum atomic E-state index is -4.94. The maximum Gasteiger partial charge on any atom is 0.472 e. The van der Waals surface area contributed by atoms with Gasteiger partial charge in [0.2, 0.25) is 0 Å². The van der Waals surface area contributed by atoms with Gasteiger partial charge in [0.05, 0.1) is 26.4 Å². The van der Waals surface area contributed by atoms with Gasteiger partial charge >= 0.3 is 33.6 Å². The van der Waals surface area contributed by atoms with E-state index in [1.807, 2.05) is 0 Å². The Balaban J connectivity index is 4.58. The van der Waals surface area contributed by atoms with Gasteiger partial charge in [-0.3, -0.25) is 32.5 Å². The second-order valence-electron chi connectivity index (χ2n) is 23.6. The lowest BCUT2D eigenvalue weighted by molar-refractivity contribution is -0.161. The number of carbonyl (C=O) groups is 3. The fourth-order valence-corrected chi connectivity index (χ4v) is 10.7. The smallest absolute Gasteiger partial charge is 0.463 e. The van der Waals surface area contributed by atoms with Crippen LogP contribution in [0.3, 0.4) is 0 Å². The SMILES string of the molecule is CC/C=C\C/C=C\C/C=C\C/C=C\C/C=C\C/C=C\CCCCCCCCCCC(=O)OCC(O)COP(=O)(O)OCC(O)COP(=O)(O)OCC(COC(=O)CCCCCCCCC/C=C\C/C=C\C/C=C\CC)OC(=O)CCCCCCC/C=C\C/C=C\C/C=C\CC. The predicted molar refractivity (Wildman–Crippen MR) is 389 cm³/mol. The Labute approximate surface area is 575 Å². The van der Waals surface area contributed by atoms with Crippen molar-refractivity contribution in [3.05, 3.63) is 146 Å². The van der Waals surface area contributed by atoms with Crippen molar-refractivity contribution >= 4 is 33.6 Å². The highest BCUT2D eigenvalue weighted by molar-refractivity contribution is 7.47. The van der Waals surface area contributed by atoms with E-state index in [0.717, 1.165) is 186 Å². The molecule has 18 heteroatoms. The Bertz CT molecular complexity index is 2310. The number of aliphatic hydroxyl groups excluding tert-OH is 2. The number of hydrogen-bond acceptors (Lipinski definition) is 14. The molecule has 0 saturated heterocycles. The zero-order chi connectivity index (χ0) is 69.5. The first-order chi connectivity index (χ1) is 46.2. The Morgan fingerprint density at radius 3 is 0.832 bits per heavy atom. The fraction of sp³-hybridized carbons (Fsp3) is 0.649. The van der Waals surface area contributed by atoms with Gasteiger partial charge in [-0.15, -0.1) is 0 Å². The standard InChI is InChI=1S/C77H128O16P2/c1-4-7-10-13-16-19-22-25-28-30-31-32-33-34-35-36-37-38-39-41-44-45-48-51-54-57-60-63-75(80)87-66-72(78)67-89-94(83,84)90-68-73(79)69-91-95(85,86)92-71-74(93-77(82)65-62-59-56-53-50-47-42-27-24-21-18-15-12-9-6-3)70-88-76(81)64-61-58-55-52-49-46-43-40-29-26-23-20-17-14-11-8-5-2/h7-12,16-21,25-29,31-32,34-35,37-38,42,72-74,78-79H,4-6,13-15,22-24,30,33,36,39-41,43-71H2,1-3H3,(H,83,84)(H,85,86)/b10-7-,11-8-,12-9-,19-16-,20-17-,21-18-,28-25-,29-26-,32-31-,35-34-,38-37-,42-27-. The normalized spacial score (nSPS) is 15.0. The van der Waals surface area contributed by atoms with Crippen molar-refractivity contribution in [2.45, 2.75) is 283 Å². The summed E-state index contributed by atoms with van der Waals surface area (Å²) < 4.78 is 61.0. The number of phosphoric ester groups is 2. The van der Waals surface area contributed by atoms with E-state index in [1.165, 1.54) is 19.3 Å². The quantitative estimate of drug-likeness (QED) is 0.0146. The lowest BCUT2D eigenvalue weighted by Gasteiger charge is -2.21. The van der Waals surface area contributed by atoms with Gasteiger partial charge < -0.3 is 34.2 Å². The lowest BCUT2D eigenvalue weighted by atomic mass is 10.1. The Kier molecular flexibility index (Phi) is 66.0.